The minimum atomic E-state index is -0.104. The van der Waals surface area contributed by atoms with Gasteiger partial charge in [-0.15, -0.1) is 24.0 Å². The number of halogens is 1. The zero-order chi connectivity index (χ0) is 17.2. The first-order valence-corrected chi connectivity index (χ1v) is 8.30. The number of carbonyl (C=O) groups is 1. The van der Waals surface area contributed by atoms with Crippen LogP contribution in [-0.2, 0) is 11.3 Å². The van der Waals surface area contributed by atoms with Gasteiger partial charge in [-0.2, -0.15) is 0 Å². The van der Waals surface area contributed by atoms with Crippen LogP contribution in [0.3, 0.4) is 0 Å². The molecule has 2 rings (SSSR count). The summed E-state index contributed by atoms with van der Waals surface area (Å²) in [5, 5.41) is 9.38. The van der Waals surface area contributed by atoms with E-state index in [0.29, 0.717) is 18.5 Å². The molecule has 0 aliphatic heterocycles. The van der Waals surface area contributed by atoms with Crippen LogP contribution in [0.15, 0.2) is 41.4 Å². The lowest BCUT2D eigenvalue weighted by Crippen LogP contribution is -2.43. The Morgan fingerprint density at radius 3 is 2.48 bits per heavy atom. The largest absolute Gasteiger partial charge is 0.497 e. The number of guanidine groups is 1. The Bertz CT molecular complexity index is 579. The van der Waals surface area contributed by atoms with Crippen molar-refractivity contribution in [3.63, 3.8) is 0 Å². The van der Waals surface area contributed by atoms with Crippen LogP contribution in [0.1, 0.15) is 25.3 Å². The summed E-state index contributed by atoms with van der Waals surface area (Å²) in [6, 6.07) is 7.98. The van der Waals surface area contributed by atoms with Crippen molar-refractivity contribution in [1.82, 2.24) is 16.0 Å². The summed E-state index contributed by atoms with van der Waals surface area (Å²) < 4.78 is 5.11. The SMILES string of the molecule is CCNC(=NCC(=O)NCc1ccc(OC)cc1)NC1CC=CC1.I. The zero-order valence-electron chi connectivity index (χ0n) is 14.7. The molecule has 3 N–H and O–H groups in total. The summed E-state index contributed by atoms with van der Waals surface area (Å²) in [5.41, 5.74) is 1.02. The lowest BCUT2D eigenvalue weighted by molar-refractivity contribution is -0.119. The number of carbonyl (C=O) groups excluding carboxylic acids is 1. The first-order chi connectivity index (χ1) is 11.7. The van der Waals surface area contributed by atoms with E-state index < -0.39 is 0 Å². The highest BCUT2D eigenvalue weighted by molar-refractivity contribution is 14.0. The van der Waals surface area contributed by atoms with E-state index in [4.69, 9.17) is 4.74 Å². The fourth-order valence-electron chi connectivity index (χ4n) is 2.40. The molecule has 0 fully saturated rings. The van der Waals surface area contributed by atoms with Crippen molar-refractivity contribution in [2.24, 2.45) is 4.99 Å². The zero-order valence-corrected chi connectivity index (χ0v) is 17.1. The number of hydrogen-bond acceptors (Lipinski definition) is 3. The monoisotopic (exact) mass is 458 g/mol. The molecule has 1 aromatic carbocycles. The minimum Gasteiger partial charge on any atom is -0.497 e. The van der Waals surface area contributed by atoms with Crippen LogP contribution in [0.2, 0.25) is 0 Å². The maximum atomic E-state index is 12.0. The second-order valence-electron chi connectivity index (χ2n) is 5.60. The Balaban J connectivity index is 0.00000312. The number of hydrogen-bond donors (Lipinski definition) is 3. The van der Waals surface area contributed by atoms with Crippen LogP contribution in [0, 0.1) is 0 Å². The molecule has 7 heteroatoms. The molecule has 0 atom stereocenters. The van der Waals surface area contributed by atoms with Gasteiger partial charge < -0.3 is 20.7 Å². The van der Waals surface area contributed by atoms with E-state index in [2.05, 4.69) is 33.1 Å². The molecule has 0 aromatic heterocycles. The Kier molecular flexibility index (Phi) is 9.98. The molecule has 0 unspecified atom stereocenters. The fraction of sp³-hybridized carbons (Fsp3) is 0.444. The predicted octanol–water partition coefficient (Wildman–Crippen LogP) is 2.20. The van der Waals surface area contributed by atoms with Crippen molar-refractivity contribution in [2.75, 3.05) is 20.2 Å². The van der Waals surface area contributed by atoms with E-state index in [-0.39, 0.29) is 36.4 Å². The van der Waals surface area contributed by atoms with E-state index in [9.17, 15) is 4.79 Å². The van der Waals surface area contributed by atoms with Gasteiger partial charge in [-0.05, 0) is 37.5 Å². The van der Waals surface area contributed by atoms with Crippen molar-refractivity contribution >= 4 is 35.8 Å². The fourth-order valence-corrected chi connectivity index (χ4v) is 2.40. The Hall–Kier alpha value is -1.77. The van der Waals surface area contributed by atoms with Crippen LogP contribution in [0.25, 0.3) is 0 Å². The average molecular weight is 458 g/mol. The lowest BCUT2D eigenvalue weighted by atomic mass is 10.2. The van der Waals surface area contributed by atoms with Crippen molar-refractivity contribution < 1.29 is 9.53 Å². The number of benzene rings is 1. The van der Waals surface area contributed by atoms with E-state index >= 15 is 0 Å². The lowest BCUT2D eigenvalue weighted by Gasteiger charge is -2.16. The third-order valence-electron chi connectivity index (χ3n) is 3.72. The van der Waals surface area contributed by atoms with Crippen molar-refractivity contribution in [3.8, 4) is 5.75 Å². The third-order valence-corrected chi connectivity index (χ3v) is 3.72. The second-order valence-corrected chi connectivity index (χ2v) is 5.60. The van der Waals surface area contributed by atoms with Crippen molar-refractivity contribution in [2.45, 2.75) is 32.4 Å². The molecule has 1 aliphatic carbocycles. The molecule has 1 aromatic rings. The van der Waals surface area contributed by atoms with Crippen LogP contribution in [0.4, 0.5) is 0 Å². The predicted molar refractivity (Wildman–Crippen MR) is 112 cm³/mol. The van der Waals surface area contributed by atoms with Crippen LogP contribution in [-0.4, -0.2) is 38.1 Å². The maximum absolute atomic E-state index is 12.0. The second kappa shape index (κ2) is 11.7. The van der Waals surface area contributed by atoms with Gasteiger partial charge in [0.2, 0.25) is 5.91 Å². The molecule has 1 aliphatic rings. The Morgan fingerprint density at radius 2 is 1.88 bits per heavy atom. The molecular weight excluding hydrogens is 431 g/mol. The number of nitrogens with zero attached hydrogens (tertiary/aromatic N) is 1. The molecule has 0 saturated heterocycles. The number of rotatable bonds is 7. The number of amides is 1. The normalized spacial score (nSPS) is 13.9. The number of ether oxygens (including phenoxy) is 1. The first-order valence-electron chi connectivity index (χ1n) is 8.30. The van der Waals surface area contributed by atoms with Gasteiger partial charge in [-0.3, -0.25) is 4.79 Å². The summed E-state index contributed by atoms with van der Waals surface area (Å²) >= 11 is 0. The minimum absolute atomic E-state index is 0. The van der Waals surface area contributed by atoms with Gasteiger partial charge in [0.1, 0.15) is 12.3 Å². The molecule has 138 valence electrons. The van der Waals surface area contributed by atoms with Gasteiger partial charge in [0.05, 0.1) is 7.11 Å². The summed E-state index contributed by atoms with van der Waals surface area (Å²) in [7, 11) is 1.63. The summed E-state index contributed by atoms with van der Waals surface area (Å²) in [6.45, 7) is 3.35. The maximum Gasteiger partial charge on any atom is 0.242 e. The standard InChI is InChI=1S/C18H26N4O2.HI/c1-3-19-18(22-15-6-4-5-7-15)21-13-17(23)20-12-14-8-10-16(24-2)11-9-14;/h4-5,8-11,15H,3,6-7,12-13H2,1-2H3,(H,20,23)(H2,19,21,22);1H. The van der Waals surface area contributed by atoms with Gasteiger partial charge in [-0.25, -0.2) is 4.99 Å². The van der Waals surface area contributed by atoms with E-state index in [1.165, 1.54) is 0 Å². The van der Waals surface area contributed by atoms with E-state index in [1.807, 2.05) is 31.2 Å². The quantitative estimate of drug-likeness (QED) is 0.254. The molecule has 0 heterocycles. The third kappa shape index (κ3) is 7.76. The van der Waals surface area contributed by atoms with Crippen LogP contribution >= 0.6 is 24.0 Å². The Morgan fingerprint density at radius 1 is 1.20 bits per heavy atom. The molecular formula is C18H27IN4O2. The van der Waals surface area contributed by atoms with Crippen molar-refractivity contribution in [3.05, 3.63) is 42.0 Å². The first kappa shape index (κ1) is 21.3. The molecule has 0 spiro atoms. The summed E-state index contributed by atoms with van der Waals surface area (Å²) in [6.07, 6.45) is 6.30. The summed E-state index contributed by atoms with van der Waals surface area (Å²) in [4.78, 5) is 16.3. The Labute approximate surface area is 166 Å². The number of nitrogens with one attached hydrogen (secondary N) is 3. The van der Waals surface area contributed by atoms with Gasteiger partial charge in [-0.1, -0.05) is 24.3 Å². The van der Waals surface area contributed by atoms with Crippen LogP contribution < -0.4 is 20.7 Å². The van der Waals surface area contributed by atoms with Gasteiger partial charge >= 0.3 is 0 Å². The van der Waals surface area contributed by atoms with Gasteiger partial charge in [0.15, 0.2) is 5.96 Å². The topological polar surface area (TPSA) is 74.8 Å². The van der Waals surface area contributed by atoms with E-state index in [0.717, 1.165) is 30.7 Å². The highest BCUT2D eigenvalue weighted by atomic mass is 127. The molecule has 6 nitrogen and oxygen atoms in total. The molecule has 0 bridgehead atoms. The molecule has 0 radical (unpaired) electrons. The molecule has 1 amide bonds. The van der Waals surface area contributed by atoms with E-state index in [1.54, 1.807) is 7.11 Å². The average Bonchev–Trinajstić information content (AvgIpc) is 3.11. The van der Waals surface area contributed by atoms with Gasteiger partial charge in [0.25, 0.3) is 0 Å². The highest BCUT2D eigenvalue weighted by Crippen LogP contribution is 2.11. The number of methoxy groups -OCH3 is 1. The number of aliphatic imine (C=N–C) groups is 1. The van der Waals surface area contributed by atoms with Gasteiger partial charge in [0, 0.05) is 19.1 Å². The smallest absolute Gasteiger partial charge is 0.242 e. The highest BCUT2D eigenvalue weighted by Gasteiger charge is 2.11. The molecule has 0 saturated carbocycles. The summed E-state index contributed by atoms with van der Waals surface area (Å²) in [5.74, 6) is 1.39. The van der Waals surface area contributed by atoms with Crippen molar-refractivity contribution in [1.29, 1.82) is 0 Å². The molecule has 25 heavy (non-hydrogen) atoms. The van der Waals surface area contributed by atoms with Crippen LogP contribution in [0.5, 0.6) is 5.75 Å².